The van der Waals surface area contributed by atoms with Crippen LogP contribution < -0.4 is 23.8 Å². The highest BCUT2D eigenvalue weighted by Crippen LogP contribution is 2.52. The number of hydrogen-bond donors (Lipinski definition) is 1. The number of likely N-dealkylation sites (tertiary alicyclic amines) is 1. The van der Waals surface area contributed by atoms with Crippen LogP contribution in [0, 0.1) is 11.6 Å². The van der Waals surface area contributed by atoms with Crippen molar-refractivity contribution in [2.45, 2.75) is 35.9 Å². The van der Waals surface area contributed by atoms with Crippen LogP contribution in [0.1, 0.15) is 24.5 Å². The Morgan fingerprint density at radius 2 is 1.85 bits per heavy atom. The first-order chi connectivity index (χ1) is 23.0. The summed E-state index contributed by atoms with van der Waals surface area (Å²) in [5.74, 6) is -4.29. The molecular formula is C32H35F2N5O8S. The molecule has 3 aliphatic rings. The van der Waals surface area contributed by atoms with Gasteiger partial charge in [-0.25, -0.2) is 27.0 Å². The van der Waals surface area contributed by atoms with Crippen LogP contribution in [0.25, 0.3) is 0 Å². The van der Waals surface area contributed by atoms with Crippen molar-refractivity contribution in [3.8, 4) is 17.4 Å². The van der Waals surface area contributed by atoms with Crippen LogP contribution >= 0.6 is 0 Å². The van der Waals surface area contributed by atoms with Crippen molar-refractivity contribution in [2.75, 3.05) is 58.4 Å². The van der Waals surface area contributed by atoms with Crippen molar-refractivity contribution in [3.63, 3.8) is 0 Å². The summed E-state index contributed by atoms with van der Waals surface area (Å²) in [6.07, 6.45) is 1.34. The van der Waals surface area contributed by atoms with E-state index in [-0.39, 0.29) is 35.6 Å². The first-order valence-corrected chi connectivity index (χ1v) is 16.7. The summed E-state index contributed by atoms with van der Waals surface area (Å²) < 4.78 is 81.5. The molecule has 1 aromatic heterocycles. The Balaban J connectivity index is 1.50. The Kier molecular flexibility index (Phi) is 8.91. The van der Waals surface area contributed by atoms with Crippen molar-refractivity contribution in [3.05, 3.63) is 71.4 Å². The molecule has 6 rings (SSSR count). The van der Waals surface area contributed by atoms with E-state index < -0.39 is 55.4 Å². The predicted molar refractivity (Wildman–Crippen MR) is 168 cm³/mol. The second-order valence-electron chi connectivity index (χ2n) is 11.6. The molecule has 2 saturated heterocycles. The van der Waals surface area contributed by atoms with Crippen LogP contribution in [-0.4, -0.2) is 101 Å². The maximum atomic E-state index is 15.1. The number of ether oxygens (including phenoxy) is 4. The second-order valence-corrected chi connectivity index (χ2v) is 13.3. The number of methoxy groups -OCH3 is 2. The monoisotopic (exact) mass is 687 g/mol. The van der Waals surface area contributed by atoms with E-state index in [1.807, 2.05) is 0 Å². The minimum atomic E-state index is -4.95. The van der Waals surface area contributed by atoms with Crippen molar-refractivity contribution < 1.29 is 45.7 Å². The van der Waals surface area contributed by atoms with Gasteiger partial charge in [0.1, 0.15) is 16.4 Å². The molecule has 1 N–H and O–H groups in total. The Morgan fingerprint density at radius 1 is 1.10 bits per heavy atom. The van der Waals surface area contributed by atoms with Crippen molar-refractivity contribution in [1.29, 1.82) is 0 Å². The molecule has 2 amide bonds. The molecule has 0 bridgehead atoms. The highest BCUT2D eigenvalue weighted by atomic mass is 32.2. The number of nitrogens with zero attached hydrogens (tertiary/aromatic N) is 4. The third-order valence-electron chi connectivity index (χ3n) is 8.96. The van der Waals surface area contributed by atoms with E-state index in [0.29, 0.717) is 35.6 Å². The molecule has 2 unspecified atom stereocenters. The van der Waals surface area contributed by atoms with Crippen LogP contribution in [-0.2, 0) is 25.2 Å². The average molecular weight is 688 g/mol. The summed E-state index contributed by atoms with van der Waals surface area (Å²) in [4.78, 5) is 36.1. The van der Waals surface area contributed by atoms with E-state index in [1.54, 1.807) is 6.92 Å². The molecule has 2 atom stereocenters. The summed E-state index contributed by atoms with van der Waals surface area (Å²) in [7, 11) is -0.856. The van der Waals surface area contributed by atoms with Crippen molar-refractivity contribution in [1.82, 2.24) is 20.1 Å². The normalized spacial score (nSPS) is 21.1. The lowest BCUT2D eigenvalue weighted by molar-refractivity contribution is -0.133. The molecule has 3 aliphatic heterocycles. The van der Waals surface area contributed by atoms with Gasteiger partial charge in [-0.1, -0.05) is 0 Å². The number of anilines is 1. The maximum absolute atomic E-state index is 15.1. The topological polar surface area (TPSA) is 140 Å². The lowest BCUT2D eigenvalue weighted by atomic mass is 9.87. The fourth-order valence-electron chi connectivity index (χ4n) is 6.34. The van der Waals surface area contributed by atoms with Gasteiger partial charge < -0.3 is 29.2 Å². The molecule has 0 saturated carbocycles. The quantitative estimate of drug-likeness (QED) is 0.337. The minimum Gasteiger partial charge on any atom is -0.497 e. The average Bonchev–Trinajstić information content (AvgIpc) is 3.66. The number of carbonyl (C=O) groups excluding carboxylic acids is 2. The van der Waals surface area contributed by atoms with E-state index in [1.165, 1.54) is 56.6 Å². The molecule has 2 aromatic carbocycles. The van der Waals surface area contributed by atoms with Gasteiger partial charge in [0.2, 0.25) is 5.88 Å². The van der Waals surface area contributed by atoms with Crippen molar-refractivity contribution in [2.24, 2.45) is 0 Å². The number of benzene rings is 2. The summed E-state index contributed by atoms with van der Waals surface area (Å²) in [6.45, 7) is 4.54. The number of hydrogen-bond acceptors (Lipinski definition) is 11. The van der Waals surface area contributed by atoms with Gasteiger partial charge in [0.15, 0.2) is 11.6 Å². The van der Waals surface area contributed by atoms with Crippen LogP contribution in [0.4, 0.5) is 19.3 Å². The van der Waals surface area contributed by atoms with Crippen LogP contribution in [0.2, 0.25) is 0 Å². The van der Waals surface area contributed by atoms with Crippen LogP contribution in [0.15, 0.2) is 53.6 Å². The molecule has 4 heterocycles. The largest absolute Gasteiger partial charge is 0.497 e. The molecule has 16 heteroatoms. The van der Waals surface area contributed by atoms with Crippen LogP contribution in [0.5, 0.6) is 17.4 Å². The third kappa shape index (κ3) is 5.37. The van der Waals surface area contributed by atoms with E-state index in [0.717, 1.165) is 25.6 Å². The molecule has 3 aromatic rings. The van der Waals surface area contributed by atoms with E-state index in [2.05, 4.69) is 15.2 Å². The Morgan fingerprint density at radius 3 is 2.52 bits per heavy atom. The number of aromatic nitrogens is 1. The molecular weight excluding hydrogens is 652 g/mol. The summed E-state index contributed by atoms with van der Waals surface area (Å²) in [5.41, 5.74) is -3.86. The zero-order valence-corrected chi connectivity index (χ0v) is 27.6. The summed E-state index contributed by atoms with van der Waals surface area (Å²) in [6, 6.07) is 7.82. The van der Waals surface area contributed by atoms with Crippen molar-refractivity contribution >= 4 is 27.7 Å². The number of halogens is 2. The first-order valence-electron chi connectivity index (χ1n) is 15.3. The highest BCUT2D eigenvalue weighted by Gasteiger charge is 2.62. The van der Waals surface area contributed by atoms with E-state index in [9.17, 15) is 22.4 Å². The third-order valence-corrected chi connectivity index (χ3v) is 10.7. The molecule has 13 nitrogen and oxygen atoms in total. The zero-order chi connectivity index (χ0) is 34.4. The fraction of sp³-hybridized carbons (Fsp3) is 0.406. The summed E-state index contributed by atoms with van der Waals surface area (Å²) >= 11 is 0. The lowest BCUT2D eigenvalue weighted by Gasteiger charge is -2.46. The number of nitrogens with one attached hydrogen (secondary N) is 1. The number of carbonyl (C=O) groups is 2. The van der Waals surface area contributed by atoms with Crippen LogP contribution in [0.3, 0.4) is 0 Å². The highest BCUT2D eigenvalue weighted by molar-refractivity contribution is 7.93. The smallest absolute Gasteiger partial charge is 0.411 e. The van der Waals surface area contributed by atoms with Gasteiger partial charge in [-0.3, -0.25) is 9.69 Å². The SMILES string of the molecule is CCOc1ncccc1C1(OC(=O)N(C)C2CN(C3CCNC3)C2)C(=O)N(S(=O)(=O)c2ccc(OC)cc2OC)c2cc(F)c(F)cc21. The standard InChI is InChI=1S/C32H35F2N5O8S/c1-5-46-29-22(7-6-11-36-29)32(47-31(41)37(2)20-17-38(18-20)19-10-12-35-16-19)23-14-24(33)25(34)15-26(23)39(30(32)40)48(42,43)28-9-8-21(44-3)13-27(28)45-4/h6-9,11,13-15,19-20,35H,5,10,12,16-18H2,1-4H3. The van der Waals surface area contributed by atoms with Gasteiger partial charge in [-0.05, 0) is 50.2 Å². The summed E-state index contributed by atoms with van der Waals surface area (Å²) in [5, 5.41) is 3.31. The van der Waals surface area contributed by atoms with Gasteiger partial charge in [0, 0.05) is 56.6 Å². The number of amides is 2. The zero-order valence-electron chi connectivity index (χ0n) is 26.7. The Bertz CT molecular complexity index is 1850. The minimum absolute atomic E-state index is 0.0613. The maximum Gasteiger partial charge on any atom is 0.411 e. The van der Waals surface area contributed by atoms with Gasteiger partial charge in [-0.2, -0.15) is 4.31 Å². The molecule has 0 spiro atoms. The first kappa shape index (κ1) is 33.4. The number of fused-ring (bicyclic) bond motifs is 1. The van der Waals surface area contributed by atoms with Gasteiger partial charge in [0.05, 0.1) is 38.1 Å². The molecule has 48 heavy (non-hydrogen) atoms. The molecule has 256 valence electrons. The fourth-order valence-corrected chi connectivity index (χ4v) is 7.93. The number of sulfonamides is 1. The number of pyridine rings is 1. The number of likely N-dealkylation sites (N-methyl/N-ethyl adjacent to an activating group) is 1. The molecule has 0 radical (unpaired) electrons. The predicted octanol–water partition coefficient (Wildman–Crippen LogP) is 2.87. The molecule has 2 fully saturated rings. The lowest BCUT2D eigenvalue weighted by Crippen LogP contribution is -2.63. The number of rotatable bonds is 10. The van der Waals surface area contributed by atoms with Gasteiger partial charge >= 0.3 is 6.09 Å². The molecule has 0 aliphatic carbocycles. The van der Waals surface area contributed by atoms with E-state index in [4.69, 9.17) is 18.9 Å². The second kappa shape index (κ2) is 12.8. The van der Waals surface area contributed by atoms with Gasteiger partial charge in [-0.15, -0.1) is 0 Å². The van der Waals surface area contributed by atoms with E-state index >= 15 is 4.39 Å². The van der Waals surface area contributed by atoms with Gasteiger partial charge in [0.25, 0.3) is 21.5 Å². The Hall–Kier alpha value is -4.54. The Labute approximate surface area is 276 Å².